The van der Waals surface area contributed by atoms with Gasteiger partial charge in [0.2, 0.25) is 0 Å². The molecule has 1 N–H and O–H groups in total. The molecule has 2 saturated carbocycles. The van der Waals surface area contributed by atoms with Crippen LogP contribution in [0.25, 0.3) is 0 Å². The van der Waals surface area contributed by atoms with Gasteiger partial charge in [-0.2, -0.15) is 0 Å². The van der Waals surface area contributed by atoms with E-state index in [1.807, 2.05) is 6.20 Å². The molecule has 3 heteroatoms. The number of hydrogen-bond donors (Lipinski definition) is 1. The van der Waals surface area contributed by atoms with Gasteiger partial charge in [0.25, 0.3) is 0 Å². The van der Waals surface area contributed by atoms with Crippen LogP contribution in [0.3, 0.4) is 0 Å². The first-order chi connectivity index (χ1) is 9.72. The van der Waals surface area contributed by atoms with Crippen molar-refractivity contribution in [2.24, 2.45) is 5.92 Å². The van der Waals surface area contributed by atoms with E-state index < -0.39 is 0 Å². The molecule has 3 nitrogen and oxygen atoms in total. The first-order valence-corrected chi connectivity index (χ1v) is 8.13. The second kappa shape index (κ2) is 6.13. The smallest absolute Gasteiger partial charge is 0.128 e. The molecule has 0 bridgehead atoms. The molecule has 0 radical (unpaired) electrons. The molecule has 0 aliphatic heterocycles. The SMILES string of the molecule is CC1CCCC(N(C)c2ccc(CNC3CC3)cn2)C1. The fourth-order valence-electron chi connectivity index (χ4n) is 3.22. The second-order valence-electron chi connectivity index (χ2n) is 6.72. The molecule has 0 amide bonds. The summed E-state index contributed by atoms with van der Waals surface area (Å²) in [5, 5.41) is 3.54. The molecule has 2 fully saturated rings. The van der Waals surface area contributed by atoms with Gasteiger partial charge in [0.15, 0.2) is 0 Å². The van der Waals surface area contributed by atoms with Crippen molar-refractivity contribution in [2.75, 3.05) is 11.9 Å². The average molecular weight is 273 g/mol. The van der Waals surface area contributed by atoms with E-state index in [4.69, 9.17) is 0 Å². The largest absolute Gasteiger partial charge is 0.357 e. The van der Waals surface area contributed by atoms with E-state index in [0.717, 1.165) is 24.3 Å². The van der Waals surface area contributed by atoms with Crippen molar-refractivity contribution in [3.05, 3.63) is 23.9 Å². The lowest BCUT2D eigenvalue weighted by atomic mass is 9.86. The van der Waals surface area contributed by atoms with Gasteiger partial charge in [0.05, 0.1) is 0 Å². The minimum Gasteiger partial charge on any atom is -0.357 e. The summed E-state index contributed by atoms with van der Waals surface area (Å²) < 4.78 is 0. The second-order valence-corrected chi connectivity index (χ2v) is 6.72. The first kappa shape index (κ1) is 13.9. The van der Waals surface area contributed by atoms with Gasteiger partial charge < -0.3 is 10.2 Å². The summed E-state index contributed by atoms with van der Waals surface area (Å²) in [6.07, 6.45) is 10.1. The van der Waals surface area contributed by atoms with Gasteiger partial charge in [-0.3, -0.25) is 0 Å². The molecule has 0 saturated heterocycles. The maximum atomic E-state index is 4.66. The lowest BCUT2D eigenvalue weighted by Gasteiger charge is -2.34. The highest BCUT2D eigenvalue weighted by Gasteiger charge is 2.23. The van der Waals surface area contributed by atoms with Gasteiger partial charge in [0.1, 0.15) is 5.82 Å². The number of nitrogens with zero attached hydrogens (tertiary/aromatic N) is 2. The number of pyridine rings is 1. The van der Waals surface area contributed by atoms with Crippen LogP contribution in [-0.4, -0.2) is 24.1 Å². The third-order valence-corrected chi connectivity index (χ3v) is 4.80. The Morgan fingerprint density at radius 2 is 2.10 bits per heavy atom. The van der Waals surface area contributed by atoms with Gasteiger partial charge in [-0.15, -0.1) is 0 Å². The molecule has 1 heterocycles. The van der Waals surface area contributed by atoms with Crippen LogP contribution in [0.5, 0.6) is 0 Å². The third kappa shape index (κ3) is 3.51. The Labute approximate surface area is 122 Å². The fourth-order valence-corrected chi connectivity index (χ4v) is 3.22. The highest BCUT2D eigenvalue weighted by atomic mass is 15.2. The highest BCUT2D eigenvalue weighted by molar-refractivity contribution is 5.39. The van der Waals surface area contributed by atoms with Gasteiger partial charge in [-0.25, -0.2) is 4.98 Å². The van der Waals surface area contributed by atoms with Crippen molar-refractivity contribution in [2.45, 2.75) is 64.1 Å². The molecule has 3 rings (SSSR count). The Morgan fingerprint density at radius 1 is 1.25 bits per heavy atom. The van der Waals surface area contributed by atoms with Crippen molar-refractivity contribution in [3.63, 3.8) is 0 Å². The molecule has 1 aromatic rings. The van der Waals surface area contributed by atoms with E-state index in [-0.39, 0.29) is 0 Å². The van der Waals surface area contributed by atoms with E-state index in [9.17, 15) is 0 Å². The monoisotopic (exact) mass is 273 g/mol. The summed E-state index contributed by atoms with van der Waals surface area (Å²) in [6.45, 7) is 3.34. The molecular weight excluding hydrogens is 246 g/mol. The van der Waals surface area contributed by atoms with E-state index in [2.05, 4.69) is 41.3 Å². The standard InChI is InChI=1S/C17H27N3/c1-13-4-3-5-16(10-13)20(2)17-9-6-14(12-19-17)11-18-15-7-8-15/h6,9,12-13,15-16,18H,3-5,7-8,10-11H2,1-2H3. The van der Waals surface area contributed by atoms with E-state index >= 15 is 0 Å². The molecule has 2 unspecified atom stereocenters. The zero-order valence-corrected chi connectivity index (χ0v) is 12.8. The quantitative estimate of drug-likeness (QED) is 0.891. The molecule has 2 aliphatic rings. The van der Waals surface area contributed by atoms with Crippen LogP contribution in [0.4, 0.5) is 5.82 Å². The number of rotatable bonds is 5. The van der Waals surface area contributed by atoms with Gasteiger partial charge in [-0.1, -0.05) is 25.8 Å². The number of anilines is 1. The zero-order chi connectivity index (χ0) is 13.9. The van der Waals surface area contributed by atoms with Crippen LogP contribution in [-0.2, 0) is 6.54 Å². The third-order valence-electron chi connectivity index (χ3n) is 4.80. The van der Waals surface area contributed by atoms with Crippen LogP contribution in [0, 0.1) is 5.92 Å². The number of aromatic nitrogens is 1. The van der Waals surface area contributed by atoms with Gasteiger partial charge in [0, 0.05) is 31.9 Å². The summed E-state index contributed by atoms with van der Waals surface area (Å²) in [4.78, 5) is 7.05. The maximum Gasteiger partial charge on any atom is 0.128 e. The summed E-state index contributed by atoms with van der Waals surface area (Å²) >= 11 is 0. The molecule has 1 aromatic heterocycles. The Balaban J connectivity index is 1.57. The minimum atomic E-state index is 0.668. The van der Waals surface area contributed by atoms with Crippen LogP contribution in [0.15, 0.2) is 18.3 Å². The molecule has 110 valence electrons. The summed E-state index contributed by atoms with van der Waals surface area (Å²) in [5.74, 6) is 1.98. The van der Waals surface area contributed by atoms with Crippen molar-refractivity contribution >= 4 is 5.82 Å². The summed E-state index contributed by atoms with van der Waals surface area (Å²) in [7, 11) is 2.20. The van der Waals surface area contributed by atoms with Crippen molar-refractivity contribution in [3.8, 4) is 0 Å². The number of nitrogens with one attached hydrogen (secondary N) is 1. The zero-order valence-electron chi connectivity index (χ0n) is 12.8. The van der Waals surface area contributed by atoms with Crippen molar-refractivity contribution < 1.29 is 0 Å². The molecule has 20 heavy (non-hydrogen) atoms. The van der Waals surface area contributed by atoms with Gasteiger partial charge in [-0.05, 0) is 43.2 Å². The van der Waals surface area contributed by atoms with Crippen LogP contribution in [0.2, 0.25) is 0 Å². The predicted molar refractivity (Wildman–Crippen MR) is 83.9 cm³/mol. The van der Waals surface area contributed by atoms with Crippen molar-refractivity contribution in [1.82, 2.24) is 10.3 Å². The predicted octanol–water partition coefficient (Wildman–Crippen LogP) is 3.35. The Morgan fingerprint density at radius 3 is 2.75 bits per heavy atom. The topological polar surface area (TPSA) is 28.2 Å². The molecule has 2 aliphatic carbocycles. The summed E-state index contributed by atoms with van der Waals surface area (Å²) in [5.41, 5.74) is 1.30. The lowest BCUT2D eigenvalue weighted by molar-refractivity contribution is 0.335. The molecule has 0 aromatic carbocycles. The fraction of sp³-hybridized carbons (Fsp3) is 0.706. The van der Waals surface area contributed by atoms with Crippen LogP contribution >= 0.6 is 0 Å². The Kier molecular flexibility index (Phi) is 4.25. The van der Waals surface area contributed by atoms with Crippen LogP contribution in [0.1, 0.15) is 51.0 Å². The van der Waals surface area contributed by atoms with E-state index in [1.165, 1.54) is 44.1 Å². The van der Waals surface area contributed by atoms with Crippen LogP contribution < -0.4 is 10.2 Å². The van der Waals surface area contributed by atoms with E-state index in [1.54, 1.807) is 0 Å². The van der Waals surface area contributed by atoms with Gasteiger partial charge >= 0.3 is 0 Å². The molecule has 0 spiro atoms. The lowest BCUT2D eigenvalue weighted by Crippen LogP contribution is -2.36. The first-order valence-electron chi connectivity index (χ1n) is 8.13. The highest BCUT2D eigenvalue weighted by Crippen LogP contribution is 2.28. The maximum absolute atomic E-state index is 4.66. The Bertz CT molecular complexity index is 424. The average Bonchev–Trinajstić information content (AvgIpc) is 3.29. The number of hydrogen-bond acceptors (Lipinski definition) is 3. The van der Waals surface area contributed by atoms with Crippen molar-refractivity contribution in [1.29, 1.82) is 0 Å². The molecular formula is C17H27N3. The normalized spacial score (nSPS) is 26.5. The molecule has 2 atom stereocenters. The summed E-state index contributed by atoms with van der Waals surface area (Å²) in [6, 6.07) is 5.84. The van der Waals surface area contributed by atoms with E-state index in [0.29, 0.717) is 6.04 Å². The minimum absolute atomic E-state index is 0.668. The Hall–Kier alpha value is -1.09.